The first-order valence-electron chi connectivity index (χ1n) is 5.08. The molecular weight excluding hydrogens is 243 g/mol. The number of hydrogen-bond donors (Lipinski definition) is 0. The second-order valence-electron chi connectivity index (χ2n) is 3.73. The Hall–Kier alpha value is -2.29. The van der Waals surface area contributed by atoms with Crippen molar-refractivity contribution in [1.82, 2.24) is 9.78 Å². The molecule has 0 aliphatic rings. The Labute approximate surface area is 101 Å². The molecule has 0 atom stereocenters. The Bertz CT molecular complexity index is 576. The molecule has 0 radical (unpaired) electrons. The normalized spacial score (nSPS) is 11.2. The quantitative estimate of drug-likeness (QED) is 0.823. The SMILES string of the molecule is N#Cc1ccc(Cn2cc(C(F)(F)F)cn2)cc1. The Kier molecular flexibility index (Phi) is 3.06. The van der Waals surface area contributed by atoms with E-state index in [1.807, 2.05) is 6.07 Å². The van der Waals surface area contributed by atoms with E-state index in [9.17, 15) is 13.2 Å². The molecule has 6 heteroatoms. The molecule has 2 aromatic rings. The fraction of sp³-hybridized carbons (Fsp3) is 0.167. The topological polar surface area (TPSA) is 41.6 Å². The molecule has 1 aromatic heterocycles. The number of alkyl halides is 3. The van der Waals surface area contributed by atoms with Gasteiger partial charge in [0.25, 0.3) is 0 Å². The fourth-order valence-electron chi connectivity index (χ4n) is 1.47. The van der Waals surface area contributed by atoms with E-state index in [0.29, 0.717) is 5.56 Å². The molecule has 2 rings (SSSR count). The van der Waals surface area contributed by atoms with Gasteiger partial charge in [-0.05, 0) is 17.7 Å². The van der Waals surface area contributed by atoms with Crippen LogP contribution in [0.5, 0.6) is 0 Å². The molecule has 0 aliphatic carbocycles. The summed E-state index contributed by atoms with van der Waals surface area (Å²) in [4.78, 5) is 0. The Balaban J connectivity index is 2.14. The van der Waals surface area contributed by atoms with Crippen LogP contribution in [0.4, 0.5) is 13.2 Å². The zero-order chi connectivity index (χ0) is 13.2. The summed E-state index contributed by atoms with van der Waals surface area (Å²) in [6.45, 7) is 0.238. The molecule has 3 nitrogen and oxygen atoms in total. The van der Waals surface area contributed by atoms with Crippen molar-refractivity contribution in [3.8, 4) is 6.07 Å². The smallest absolute Gasteiger partial charge is 0.268 e. The van der Waals surface area contributed by atoms with Gasteiger partial charge in [0.15, 0.2) is 0 Å². The highest BCUT2D eigenvalue weighted by Crippen LogP contribution is 2.28. The summed E-state index contributed by atoms with van der Waals surface area (Å²) in [6, 6.07) is 8.58. The summed E-state index contributed by atoms with van der Waals surface area (Å²) in [5, 5.41) is 12.3. The largest absolute Gasteiger partial charge is 0.419 e. The van der Waals surface area contributed by atoms with Gasteiger partial charge in [-0.3, -0.25) is 4.68 Å². The average molecular weight is 251 g/mol. The molecule has 92 valence electrons. The van der Waals surface area contributed by atoms with Crippen molar-refractivity contribution in [2.45, 2.75) is 12.7 Å². The molecule has 0 amide bonds. The molecule has 0 N–H and O–H groups in total. The number of nitriles is 1. The Morgan fingerprint density at radius 3 is 2.39 bits per heavy atom. The van der Waals surface area contributed by atoms with Gasteiger partial charge in [-0.25, -0.2) is 0 Å². The van der Waals surface area contributed by atoms with Crippen molar-refractivity contribution in [3.63, 3.8) is 0 Å². The van der Waals surface area contributed by atoms with Crippen LogP contribution >= 0.6 is 0 Å². The van der Waals surface area contributed by atoms with E-state index in [1.165, 1.54) is 4.68 Å². The number of rotatable bonds is 2. The maximum atomic E-state index is 12.3. The van der Waals surface area contributed by atoms with Crippen LogP contribution in [0.1, 0.15) is 16.7 Å². The molecule has 18 heavy (non-hydrogen) atoms. The van der Waals surface area contributed by atoms with Crippen LogP contribution in [0.15, 0.2) is 36.7 Å². The summed E-state index contributed by atoms with van der Waals surface area (Å²) in [6.07, 6.45) is -2.62. The number of aromatic nitrogens is 2. The van der Waals surface area contributed by atoms with Gasteiger partial charge in [-0.15, -0.1) is 0 Å². The Morgan fingerprint density at radius 2 is 1.89 bits per heavy atom. The highest BCUT2D eigenvalue weighted by atomic mass is 19.4. The third-order valence-electron chi connectivity index (χ3n) is 2.39. The van der Waals surface area contributed by atoms with E-state index in [1.54, 1.807) is 24.3 Å². The minimum atomic E-state index is -4.37. The first-order valence-corrected chi connectivity index (χ1v) is 5.08. The maximum Gasteiger partial charge on any atom is 0.419 e. The van der Waals surface area contributed by atoms with Crippen molar-refractivity contribution in [2.75, 3.05) is 0 Å². The third-order valence-corrected chi connectivity index (χ3v) is 2.39. The van der Waals surface area contributed by atoms with Crippen molar-refractivity contribution in [1.29, 1.82) is 5.26 Å². The van der Waals surface area contributed by atoms with Crippen LogP contribution in [-0.4, -0.2) is 9.78 Å². The molecule has 0 unspecified atom stereocenters. The zero-order valence-corrected chi connectivity index (χ0v) is 9.15. The molecule has 1 heterocycles. The summed E-state index contributed by atoms with van der Waals surface area (Å²) in [5.41, 5.74) is 0.525. The van der Waals surface area contributed by atoms with Gasteiger partial charge in [0.2, 0.25) is 0 Å². The third kappa shape index (κ3) is 2.69. The minimum absolute atomic E-state index is 0.238. The van der Waals surface area contributed by atoms with Gasteiger partial charge in [-0.1, -0.05) is 12.1 Å². The number of nitrogens with zero attached hydrogens (tertiary/aromatic N) is 3. The monoisotopic (exact) mass is 251 g/mol. The zero-order valence-electron chi connectivity index (χ0n) is 9.15. The summed E-state index contributed by atoms with van der Waals surface area (Å²) < 4.78 is 38.3. The van der Waals surface area contributed by atoms with E-state index in [-0.39, 0.29) is 6.54 Å². The molecule has 0 aliphatic heterocycles. The summed E-state index contributed by atoms with van der Waals surface area (Å²) in [7, 11) is 0. The molecular formula is C12H8F3N3. The first-order chi connectivity index (χ1) is 8.49. The van der Waals surface area contributed by atoms with Gasteiger partial charge >= 0.3 is 6.18 Å². The number of hydrogen-bond acceptors (Lipinski definition) is 2. The van der Waals surface area contributed by atoms with E-state index in [0.717, 1.165) is 18.0 Å². The molecule has 1 aromatic carbocycles. The van der Waals surface area contributed by atoms with E-state index >= 15 is 0 Å². The van der Waals surface area contributed by atoms with E-state index < -0.39 is 11.7 Å². The van der Waals surface area contributed by atoms with Crippen LogP contribution in [0.3, 0.4) is 0 Å². The standard InChI is InChI=1S/C12H8F3N3/c13-12(14,15)11-6-17-18(8-11)7-10-3-1-9(5-16)2-4-10/h1-4,6,8H,7H2. The van der Waals surface area contributed by atoms with Gasteiger partial charge < -0.3 is 0 Å². The van der Waals surface area contributed by atoms with Crippen molar-refractivity contribution in [3.05, 3.63) is 53.3 Å². The van der Waals surface area contributed by atoms with Crippen molar-refractivity contribution < 1.29 is 13.2 Å². The van der Waals surface area contributed by atoms with Crippen molar-refractivity contribution >= 4 is 0 Å². The Morgan fingerprint density at radius 1 is 1.22 bits per heavy atom. The van der Waals surface area contributed by atoms with E-state index in [4.69, 9.17) is 5.26 Å². The summed E-state index contributed by atoms with van der Waals surface area (Å²) in [5.74, 6) is 0. The minimum Gasteiger partial charge on any atom is -0.268 e. The van der Waals surface area contributed by atoms with Crippen LogP contribution in [0.2, 0.25) is 0 Å². The lowest BCUT2D eigenvalue weighted by Gasteiger charge is -2.03. The molecule has 0 bridgehead atoms. The lowest BCUT2D eigenvalue weighted by Crippen LogP contribution is -2.04. The van der Waals surface area contributed by atoms with Crippen LogP contribution in [0.25, 0.3) is 0 Å². The molecule has 0 saturated carbocycles. The molecule has 0 fully saturated rings. The van der Waals surface area contributed by atoms with Crippen LogP contribution in [0, 0.1) is 11.3 Å². The lowest BCUT2D eigenvalue weighted by molar-refractivity contribution is -0.137. The molecule has 0 saturated heterocycles. The average Bonchev–Trinajstić information content (AvgIpc) is 2.78. The van der Waals surface area contributed by atoms with Crippen molar-refractivity contribution in [2.24, 2.45) is 0 Å². The van der Waals surface area contributed by atoms with Gasteiger partial charge in [0, 0.05) is 6.20 Å². The second-order valence-corrected chi connectivity index (χ2v) is 3.73. The fourth-order valence-corrected chi connectivity index (χ4v) is 1.47. The molecule has 0 spiro atoms. The van der Waals surface area contributed by atoms with Crippen LogP contribution < -0.4 is 0 Å². The van der Waals surface area contributed by atoms with Gasteiger partial charge in [0.05, 0.1) is 29.9 Å². The highest BCUT2D eigenvalue weighted by Gasteiger charge is 2.32. The number of benzene rings is 1. The maximum absolute atomic E-state index is 12.3. The van der Waals surface area contributed by atoms with Gasteiger partial charge in [-0.2, -0.15) is 23.5 Å². The lowest BCUT2D eigenvalue weighted by atomic mass is 10.1. The second kappa shape index (κ2) is 4.53. The van der Waals surface area contributed by atoms with Crippen LogP contribution in [-0.2, 0) is 12.7 Å². The predicted octanol–water partition coefficient (Wildman–Crippen LogP) is 2.82. The predicted molar refractivity (Wildman–Crippen MR) is 57.5 cm³/mol. The van der Waals surface area contributed by atoms with E-state index in [2.05, 4.69) is 5.10 Å². The van der Waals surface area contributed by atoms with Gasteiger partial charge in [0.1, 0.15) is 0 Å². The summed E-state index contributed by atoms with van der Waals surface area (Å²) >= 11 is 0. The highest BCUT2D eigenvalue weighted by molar-refractivity contribution is 5.31. The number of halogens is 3. The first kappa shape index (κ1) is 12.2.